The second-order valence-corrected chi connectivity index (χ2v) is 6.05. The van der Waals surface area contributed by atoms with Gasteiger partial charge in [-0.15, -0.1) is 0 Å². The van der Waals surface area contributed by atoms with Crippen molar-refractivity contribution >= 4 is 5.91 Å². The molecule has 4 nitrogen and oxygen atoms in total. The van der Waals surface area contributed by atoms with E-state index in [-0.39, 0.29) is 18.1 Å². The lowest BCUT2D eigenvalue weighted by Crippen LogP contribution is -2.49. The molecule has 2 aliphatic rings. The van der Waals surface area contributed by atoms with Crippen LogP contribution in [0.1, 0.15) is 51.9 Å². The molecule has 110 valence electrons. The number of carbonyl (C=O) groups excluding carboxylic acids is 1. The molecule has 0 aromatic heterocycles. The highest BCUT2D eigenvalue weighted by Crippen LogP contribution is 2.27. The van der Waals surface area contributed by atoms with Crippen molar-refractivity contribution in [2.45, 2.75) is 64.0 Å². The number of hydrogen-bond donors (Lipinski definition) is 2. The van der Waals surface area contributed by atoms with Crippen LogP contribution in [-0.2, 0) is 9.53 Å². The van der Waals surface area contributed by atoms with Crippen molar-refractivity contribution in [2.24, 2.45) is 5.92 Å². The molecule has 19 heavy (non-hydrogen) atoms. The molecule has 1 aliphatic heterocycles. The van der Waals surface area contributed by atoms with Gasteiger partial charge in [0.15, 0.2) is 0 Å². The minimum Gasteiger partial charge on any atom is -0.366 e. The predicted octanol–water partition coefficient (Wildman–Crippen LogP) is 1.84. The Kier molecular flexibility index (Phi) is 6.11. The van der Waals surface area contributed by atoms with Crippen LogP contribution in [0.25, 0.3) is 0 Å². The number of rotatable bonds is 5. The molecule has 1 saturated heterocycles. The van der Waals surface area contributed by atoms with Gasteiger partial charge < -0.3 is 15.4 Å². The quantitative estimate of drug-likeness (QED) is 0.800. The van der Waals surface area contributed by atoms with Crippen LogP contribution in [0.4, 0.5) is 0 Å². The second-order valence-electron chi connectivity index (χ2n) is 6.05. The Labute approximate surface area is 116 Å². The molecule has 1 saturated carbocycles. The van der Waals surface area contributed by atoms with Crippen molar-refractivity contribution in [2.75, 3.05) is 19.7 Å². The maximum absolute atomic E-state index is 12.0. The average molecular weight is 268 g/mol. The fourth-order valence-corrected chi connectivity index (χ4v) is 3.10. The highest BCUT2D eigenvalue weighted by Gasteiger charge is 2.23. The summed E-state index contributed by atoms with van der Waals surface area (Å²) in [7, 11) is 0. The van der Waals surface area contributed by atoms with Gasteiger partial charge in [-0.05, 0) is 25.7 Å². The average Bonchev–Trinajstić information content (AvgIpc) is 2.47. The number of morpholine rings is 1. The normalized spacial score (nSPS) is 26.9. The van der Waals surface area contributed by atoms with Gasteiger partial charge in [-0.2, -0.15) is 0 Å². The fourth-order valence-electron chi connectivity index (χ4n) is 3.10. The van der Waals surface area contributed by atoms with Gasteiger partial charge in [-0.25, -0.2) is 0 Å². The lowest BCUT2D eigenvalue weighted by atomic mass is 9.85. The zero-order valence-corrected chi connectivity index (χ0v) is 12.1. The first-order valence-electron chi connectivity index (χ1n) is 7.88. The summed E-state index contributed by atoms with van der Waals surface area (Å²) in [5, 5.41) is 6.27. The molecule has 2 N–H and O–H groups in total. The third kappa shape index (κ3) is 5.11. The third-order valence-corrected chi connectivity index (χ3v) is 4.34. The van der Waals surface area contributed by atoms with Gasteiger partial charge in [0.1, 0.15) is 6.10 Å². The van der Waals surface area contributed by atoms with Crippen LogP contribution in [0.15, 0.2) is 0 Å². The molecular formula is C15H28N2O2. The van der Waals surface area contributed by atoms with E-state index in [4.69, 9.17) is 4.74 Å². The van der Waals surface area contributed by atoms with Crippen LogP contribution in [0, 0.1) is 5.92 Å². The minimum absolute atomic E-state index is 0.0448. The van der Waals surface area contributed by atoms with Crippen molar-refractivity contribution in [3.63, 3.8) is 0 Å². The minimum atomic E-state index is -0.300. The number of carbonyl (C=O) groups is 1. The van der Waals surface area contributed by atoms with E-state index in [1.807, 2.05) is 0 Å². The largest absolute Gasteiger partial charge is 0.366 e. The lowest BCUT2D eigenvalue weighted by Gasteiger charge is -2.26. The summed E-state index contributed by atoms with van der Waals surface area (Å²) in [5.41, 5.74) is 0. The molecule has 2 fully saturated rings. The molecule has 4 heteroatoms. The Morgan fingerprint density at radius 2 is 2.16 bits per heavy atom. The molecule has 0 spiro atoms. The zero-order chi connectivity index (χ0) is 13.5. The Morgan fingerprint density at radius 3 is 2.84 bits per heavy atom. The number of hydrogen-bond acceptors (Lipinski definition) is 3. The van der Waals surface area contributed by atoms with Crippen LogP contribution in [0.2, 0.25) is 0 Å². The number of nitrogens with one attached hydrogen (secondary N) is 2. The van der Waals surface area contributed by atoms with Crippen molar-refractivity contribution in [3.8, 4) is 0 Å². The van der Waals surface area contributed by atoms with E-state index < -0.39 is 0 Å². The Hall–Kier alpha value is -0.610. The summed E-state index contributed by atoms with van der Waals surface area (Å²) >= 11 is 0. The monoisotopic (exact) mass is 268 g/mol. The van der Waals surface area contributed by atoms with Crippen LogP contribution in [-0.4, -0.2) is 37.7 Å². The molecule has 0 aromatic rings. The van der Waals surface area contributed by atoms with Crippen molar-refractivity contribution in [3.05, 3.63) is 0 Å². The summed E-state index contributed by atoms with van der Waals surface area (Å²) in [6.45, 7) is 4.23. The molecule has 0 aromatic carbocycles. The smallest absolute Gasteiger partial charge is 0.250 e. The maximum atomic E-state index is 12.0. The lowest BCUT2D eigenvalue weighted by molar-refractivity contribution is -0.134. The van der Waals surface area contributed by atoms with Gasteiger partial charge in [0, 0.05) is 19.1 Å². The highest BCUT2D eigenvalue weighted by atomic mass is 16.5. The standard InChI is InChI=1S/C15H28N2O2/c1-12(7-8-13-5-3-2-4-6-13)17-15(18)14-11-16-9-10-19-14/h12-14,16H,2-11H2,1H3,(H,17,18). The van der Waals surface area contributed by atoms with Gasteiger partial charge in [0.2, 0.25) is 0 Å². The predicted molar refractivity (Wildman–Crippen MR) is 76.0 cm³/mol. The summed E-state index contributed by atoms with van der Waals surface area (Å²) < 4.78 is 5.46. The zero-order valence-electron chi connectivity index (χ0n) is 12.1. The van der Waals surface area contributed by atoms with Gasteiger partial charge in [0.25, 0.3) is 5.91 Å². The van der Waals surface area contributed by atoms with Gasteiger partial charge in [-0.1, -0.05) is 32.1 Å². The summed E-state index contributed by atoms with van der Waals surface area (Å²) in [4.78, 5) is 12.0. The van der Waals surface area contributed by atoms with E-state index in [9.17, 15) is 4.79 Å². The molecule has 0 bridgehead atoms. The van der Waals surface area contributed by atoms with Crippen LogP contribution < -0.4 is 10.6 Å². The van der Waals surface area contributed by atoms with E-state index in [0.717, 1.165) is 18.9 Å². The molecule has 1 amide bonds. The van der Waals surface area contributed by atoms with E-state index >= 15 is 0 Å². The van der Waals surface area contributed by atoms with E-state index in [1.54, 1.807) is 0 Å². The highest BCUT2D eigenvalue weighted by molar-refractivity contribution is 5.81. The van der Waals surface area contributed by atoms with Crippen molar-refractivity contribution < 1.29 is 9.53 Å². The molecule has 2 unspecified atom stereocenters. The van der Waals surface area contributed by atoms with Crippen molar-refractivity contribution in [1.29, 1.82) is 0 Å². The van der Waals surface area contributed by atoms with Crippen LogP contribution in [0.5, 0.6) is 0 Å². The molecule has 2 atom stereocenters. The molecule has 2 rings (SSSR count). The van der Waals surface area contributed by atoms with Crippen LogP contribution >= 0.6 is 0 Å². The third-order valence-electron chi connectivity index (χ3n) is 4.34. The Balaban J connectivity index is 1.62. The first-order valence-corrected chi connectivity index (χ1v) is 7.88. The van der Waals surface area contributed by atoms with E-state index in [2.05, 4.69) is 17.6 Å². The second kappa shape index (κ2) is 7.85. The molecule has 1 heterocycles. The molecule has 0 radical (unpaired) electrons. The van der Waals surface area contributed by atoms with Gasteiger partial charge in [-0.3, -0.25) is 4.79 Å². The first kappa shape index (κ1) is 14.8. The first-order chi connectivity index (χ1) is 9.25. The van der Waals surface area contributed by atoms with Gasteiger partial charge in [0.05, 0.1) is 6.61 Å². The fraction of sp³-hybridized carbons (Fsp3) is 0.933. The molecule has 1 aliphatic carbocycles. The Morgan fingerprint density at radius 1 is 1.37 bits per heavy atom. The SMILES string of the molecule is CC(CCC1CCCCC1)NC(=O)C1CNCCO1. The summed E-state index contributed by atoms with van der Waals surface area (Å²) in [6, 6.07) is 0.264. The summed E-state index contributed by atoms with van der Waals surface area (Å²) in [6.07, 6.45) is 9.02. The number of amides is 1. The topological polar surface area (TPSA) is 50.4 Å². The van der Waals surface area contributed by atoms with Gasteiger partial charge >= 0.3 is 0 Å². The molecular weight excluding hydrogens is 240 g/mol. The van der Waals surface area contributed by atoms with Crippen molar-refractivity contribution in [1.82, 2.24) is 10.6 Å². The van der Waals surface area contributed by atoms with E-state index in [1.165, 1.54) is 38.5 Å². The Bertz CT molecular complexity index is 271. The van der Waals surface area contributed by atoms with Crippen LogP contribution in [0.3, 0.4) is 0 Å². The summed E-state index contributed by atoms with van der Waals surface area (Å²) in [5.74, 6) is 0.934. The van der Waals surface area contributed by atoms with E-state index in [0.29, 0.717) is 13.2 Å². The number of ether oxygens (including phenoxy) is 1. The maximum Gasteiger partial charge on any atom is 0.250 e.